The van der Waals surface area contributed by atoms with Gasteiger partial charge in [0, 0.05) is 11.3 Å². The Bertz CT molecular complexity index is 331. The molecule has 0 spiro atoms. The van der Waals surface area contributed by atoms with Crippen LogP contribution >= 0.6 is 21.6 Å². The molecule has 1 atom stereocenters. The van der Waals surface area contributed by atoms with Gasteiger partial charge in [-0.1, -0.05) is 17.7 Å². The molecule has 0 unspecified atom stereocenters. The van der Waals surface area contributed by atoms with Crippen LogP contribution < -0.4 is 0 Å². The molecule has 1 N–H and O–H groups in total. The number of aliphatic hydroxyl groups is 1. The lowest BCUT2D eigenvalue weighted by Crippen LogP contribution is -1.99. The highest BCUT2D eigenvalue weighted by Gasteiger charge is 2.07. The molecule has 15 heavy (non-hydrogen) atoms. The molecule has 82 valence electrons. The van der Waals surface area contributed by atoms with Gasteiger partial charge >= 0.3 is 0 Å². The first-order valence-corrected chi connectivity index (χ1v) is 6.39. The van der Waals surface area contributed by atoms with E-state index in [2.05, 4.69) is 4.98 Å². The second-order valence-corrected chi connectivity index (χ2v) is 5.44. The zero-order valence-corrected chi connectivity index (χ0v) is 9.62. The summed E-state index contributed by atoms with van der Waals surface area (Å²) in [4.78, 5) is 13.8. The van der Waals surface area contributed by atoms with Crippen LogP contribution in [0.25, 0.3) is 0 Å². The molecule has 1 rings (SSSR count). The van der Waals surface area contributed by atoms with Gasteiger partial charge in [-0.2, -0.15) is 0 Å². The minimum Gasteiger partial charge on any atom is -0.395 e. The molecule has 0 aliphatic carbocycles. The van der Waals surface area contributed by atoms with Crippen molar-refractivity contribution >= 4 is 27.3 Å². The Hall–Kier alpha value is -0.790. The molecule has 5 nitrogen and oxygen atoms in total. The topological polar surface area (TPSA) is 76.3 Å². The van der Waals surface area contributed by atoms with Crippen LogP contribution in [0.5, 0.6) is 0 Å². The van der Waals surface area contributed by atoms with Crippen molar-refractivity contribution in [3.8, 4) is 0 Å². The largest absolute Gasteiger partial charge is 0.395 e. The van der Waals surface area contributed by atoms with E-state index in [1.807, 2.05) is 6.92 Å². The van der Waals surface area contributed by atoms with Crippen LogP contribution in [0.3, 0.4) is 0 Å². The maximum Gasteiger partial charge on any atom is 0.287 e. The summed E-state index contributed by atoms with van der Waals surface area (Å²) in [5, 5.41) is 19.9. The van der Waals surface area contributed by atoms with Crippen LogP contribution in [-0.4, -0.2) is 26.9 Å². The number of aromatic nitrogens is 1. The predicted octanol–water partition coefficient (Wildman–Crippen LogP) is 2.11. The van der Waals surface area contributed by atoms with Crippen molar-refractivity contribution in [3.05, 3.63) is 28.4 Å². The van der Waals surface area contributed by atoms with Gasteiger partial charge in [-0.25, -0.2) is 4.98 Å². The highest BCUT2D eigenvalue weighted by Crippen LogP contribution is 2.33. The smallest absolute Gasteiger partial charge is 0.287 e. The number of nitrogens with zero attached hydrogens (tertiary/aromatic N) is 2. The van der Waals surface area contributed by atoms with E-state index in [1.54, 1.807) is 6.07 Å². The molecule has 0 aliphatic rings. The van der Waals surface area contributed by atoms with Crippen molar-refractivity contribution < 1.29 is 10.0 Å². The molecular weight excluding hydrogens is 236 g/mol. The fraction of sp³-hybridized carbons (Fsp3) is 0.375. The molecular formula is C8H10N2O3S2. The van der Waals surface area contributed by atoms with Crippen LogP contribution in [0.1, 0.15) is 6.92 Å². The molecule has 1 heterocycles. The van der Waals surface area contributed by atoms with Crippen LogP contribution in [0.15, 0.2) is 23.4 Å². The third kappa shape index (κ3) is 4.06. The van der Waals surface area contributed by atoms with Crippen molar-refractivity contribution in [1.82, 2.24) is 4.98 Å². The van der Waals surface area contributed by atoms with Crippen LogP contribution in [-0.2, 0) is 0 Å². The third-order valence-electron chi connectivity index (χ3n) is 1.49. The van der Waals surface area contributed by atoms with E-state index in [-0.39, 0.29) is 17.5 Å². The summed E-state index contributed by atoms with van der Waals surface area (Å²) in [6.07, 6.45) is 1.23. The molecule has 1 aromatic heterocycles. The summed E-state index contributed by atoms with van der Waals surface area (Å²) < 4.78 is 0. The number of hydrogen-bond donors (Lipinski definition) is 1. The summed E-state index contributed by atoms with van der Waals surface area (Å²) in [5.41, 5.74) is -0.0143. The first-order valence-electron chi connectivity index (χ1n) is 4.18. The molecule has 0 fully saturated rings. The quantitative estimate of drug-likeness (QED) is 0.487. The summed E-state index contributed by atoms with van der Waals surface area (Å²) in [5.74, 6) is 0. The molecule has 0 saturated heterocycles. The van der Waals surface area contributed by atoms with E-state index >= 15 is 0 Å². The van der Waals surface area contributed by atoms with Gasteiger partial charge in [-0.15, -0.1) is 0 Å². The summed E-state index contributed by atoms with van der Waals surface area (Å²) in [6, 6.07) is 3.01. The van der Waals surface area contributed by atoms with E-state index in [0.717, 1.165) is 0 Å². The van der Waals surface area contributed by atoms with Gasteiger partial charge in [0.05, 0.1) is 11.5 Å². The lowest BCUT2D eigenvalue weighted by atomic mass is 10.4. The zero-order valence-electron chi connectivity index (χ0n) is 7.99. The number of hydrogen-bond acceptors (Lipinski definition) is 6. The van der Waals surface area contributed by atoms with Gasteiger partial charge in [0.2, 0.25) is 0 Å². The normalized spacial score (nSPS) is 12.4. The number of nitro groups is 1. The molecule has 0 bridgehead atoms. The lowest BCUT2D eigenvalue weighted by molar-refractivity contribution is -0.385. The Morgan fingerprint density at radius 1 is 1.67 bits per heavy atom. The number of aliphatic hydroxyl groups excluding tert-OH is 1. The average Bonchev–Trinajstić information content (AvgIpc) is 2.26. The Morgan fingerprint density at radius 2 is 2.40 bits per heavy atom. The fourth-order valence-corrected chi connectivity index (χ4v) is 2.50. The highest BCUT2D eigenvalue weighted by molar-refractivity contribution is 8.76. The first-order chi connectivity index (χ1) is 7.13. The second-order valence-electron chi connectivity index (χ2n) is 2.78. The van der Waals surface area contributed by atoms with Crippen molar-refractivity contribution in [3.63, 3.8) is 0 Å². The van der Waals surface area contributed by atoms with E-state index in [9.17, 15) is 10.1 Å². The number of rotatable bonds is 5. The van der Waals surface area contributed by atoms with Crippen molar-refractivity contribution in [2.24, 2.45) is 0 Å². The van der Waals surface area contributed by atoms with Gasteiger partial charge in [-0.05, 0) is 16.9 Å². The standard InChI is InChI=1S/C8H10N2O3S2/c1-6(5-11)14-15-8-3-2-7(4-9-8)10(12)13/h2-4,6,11H,5H2,1H3/t6-/m0/s1. The van der Waals surface area contributed by atoms with Gasteiger partial charge in [0.15, 0.2) is 0 Å². The SMILES string of the molecule is C[C@@H](CO)SSc1ccc([N+](=O)[O-])cn1. The molecule has 0 aliphatic heterocycles. The maximum absolute atomic E-state index is 10.3. The summed E-state index contributed by atoms with van der Waals surface area (Å²) in [6.45, 7) is 1.99. The minimum atomic E-state index is -0.481. The minimum absolute atomic E-state index is 0.0143. The fourth-order valence-electron chi connectivity index (χ4n) is 0.692. The van der Waals surface area contributed by atoms with Gasteiger partial charge in [0.25, 0.3) is 5.69 Å². The lowest BCUT2D eigenvalue weighted by Gasteiger charge is -2.04. The van der Waals surface area contributed by atoms with Gasteiger partial charge in [0.1, 0.15) is 11.2 Å². The Balaban J connectivity index is 2.53. The monoisotopic (exact) mass is 246 g/mol. The van der Waals surface area contributed by atoms with E-state index in [1.165, 1.54) is 33.9 Å². The predicted molar refractivity (Wildman–Crippen MR) is 60.9 cm³/mol. The number of pyridine rings is 1. The van der Waals surface area contributed by atoms with Crippen LogP contribution in [0.2, 0.25) is 0 Å². The van der Waals surface area contributed by atoms with Crippen molar-refractivity contribution in [2.45, 2.75) is 17.2 Å². The van der Waals surface area contributed by atoms with E-state index < -0.39 is 4.92 Å². The second kappa shape index (κ2) is 5.94. The molecule has 0 radical (unpaired) electrons. The maximum atomic E-state index is 10.3. The Labute approximate surface area is 94.8 Å². The van der Waals surface area contributed by atoms with Crippen molar-refractivity contribution in [2.75, 3.05) is 6.61 Å². The highest BCUT2D eigenvalue weighted by atomic mass is 33.1. The molecule has 7 heteroatoms. The van der Waals surface area contributed by atoms with Crippen LogP contribution in [0, 0.1) is 10.1 Å². The molecule has 0 aromatic carbocycles. The van der Waals surface area contributed by atoms with Gasteiger partial charge in [-0.3, -0.25) is 10.1 Å². The third-order valence-corrected chi connectivity index (χ3v) is 4.26. The zero-order chi connectivity index (χ0) is 11.3. The Morgan fingerprint density at radius 3 is 2.87 bits per heavy atom. The van der Waals surface area contributed by atoms with E-state index in [4.69, 9.17) is 5.11 Å². The molecule has 1 aromatic rings. The summed E-state index contributed by atoms with van der Waals surface area (Å²) >= 11 is 0. The molecule has 0 amide bonds. The first kappa shape index (κ1) is 12.3. The van der Waals surface area contributed by atoms with Crippen molar-refractivity contribution in [1.29, 1.82) is 0 Å². The Kier molecular flexibility index (Phi) is 4.86. The average molecular weight is 246 g/mol. The molecule has 0 saturated carbocycles. The van der Waals surface area contributed by atoms with Crippen LogP contribution in [0.4, 0.5) is 5.69 Å². The van der Waals surface area contributed by atoms with Gasteiger partial charge < -0.3 is 5.11 Å². The van der Waals surface area contributed by atoms with E-state index in [0.29, 0.717) is 5.03 Å². The summed E-state index contributed by atoms with van der Waals surface area (Å²) in [7, 11) is 2.87.